The molecule has 0 aromatic heterocycles. The lowest BCUT2D eigenvalue weighted by Crippen LogP contribution is -2.41. The van der Waals surface area contributed by atoms with E-state index in [2.05, 4.69) is 45.1 Å². The average Bonchev–Trinajstić information content (AvgIpc) is 2.48. The zero-order valence-corrected chi connectivity index (χ0v) is 13.2. The van der Waals surface area contributed by atoms with E-state index in [0.717, 1.165) is 12.0 Å². The molecule has 3 rings (SSSR count). The van der Waals surface area contributed by atoms with Crippen molar-refractivity contribution in [2.24, 2.45) is 0 Å². The van der Waals surface area contributed by atoms with Crippen molar-refractivity contribution in [2.75, 3.05) is 13.1 Å². The summed E-state index contributed by atoms with van der Waals surface area (Å²) in [5.41, 5.74) is 1.53. The van der Waals surface area contributed by atoms with Crippen molar-refractivity contribution in [3.05, 3.63) is 34.3 Å². The molecular formula is C17H24BrN. The van der Waals surface area contributed by atoms with Gasteiger partial charge < -0.3 is 4.90 Å². The molecule has 1 saturated carbocycles. The summed E-state index contributed by atoms with van der Waals surface area (Å²) in [6.45, 7) is 2.61. The Morgan fingerprint density at radius 2 is 1.68 bits per heavy atom. The van der Waals surface area contributed by atoms with E-state index in [1.807, 2.05) is 0 Å². The largest absolute Gasteiger partial charge is 0.300 e. The summed E-state index contributed by atoms with van der Waals surface area (Å²) in [7, 11) is 0. The van der Waals surface area contributed by atoms with Gasteiger partial charge in [0, 0.05) is 10.5 Å². The number of nitrogens with zero attached hydrogens (tertiary/aromatic N) is 1. The summed E-state index contributed by atoms with van der Waals surface area (Å²) in [4.78, 5) is 2.77. The molecule has 0 bridgehead atoms. The highest BCUT2D eigenvalue weighted by molar-refractivity contribution is 9.10. The first-order valence-electron chi connectivity index (χ1n) is 7.82. The van der Waals surface area contributed by atoms with E-state index in [0.29, 0.717) is 0 Å². The molecule has 1 nitrogen and oxygen atoms in total. The first-order chi connectivity index (χ1) is 9.33. The number of benzene rings is 1. The lowest BCUT2D eigenvalue weighted by molar-refractivity contribution is 0.122. The van der Waals surface area contributed by atoms with Crippen LogP contribution in [0, 0.1) is 0 Å². The van der Waals surface area contributed by atoms with Crippen LogP contribution in [0.4, 0.5) is 0 Å². The first kappa shape index (κ1) is 13.6. The van der Waals surface area contributed by atoms with Gasteiger partial charge in [-0.15, -0.1) is 0 Å². The van der Waals surface area contributed by atoms with Crippen LogP contribution in [0.2, 0.25) is 0 Å². The molecule has 2 heteroatoms. The fourth-order valence-electron chi connectivity index (χ4n) is 3.80. The predicted molar refractivity (Wildman–Crippen MR) is 84.6 cm³/mol. The second-order valence-corrected chi connectivity index (χ2v) is 7.07. The number of hydrogen-bond acceptors (Lipinski definition) is 1. The van der Waals surface area contributed by atoms with E-state index in [1.54, 1.807) is 0 Å². The summed E-state index contributed by atoms with van der Waals surface area (Å²) in [5.74, 6) is 0.775. The van der Waals surface area contributed by atoms with E-state index in [-0.39, 0.29) is 0 Å². The molecule has 2 aliphatic rings. The minimum Gasteiger partial charge on any atom is -0.300 e. The molecule has 1 aromatic rings. The summed E-state index contributed by atoms with van der Waals surface area (Å²) < 4.78 is 1.22. The van der Waals surface area contributed by atoms with Gasteiger partial charge in [-0.1, -0.05) is 47.3 Å². The quantitative estimate of drug-likeness (QED) is 0.744. The van der Waals surface area contributed by atoms with Crippen LogP contribution in [0.1, 0.15) is 56.4 Å². The highest BCUT2D eigenvalue weighted by atomic mass is 79.9. The molecule has 1 aliphatic carbocycles. The van der Waals surface area contributed by atoms with Crippen molar-refractivity contribution in [2.45, 2.75) is 56.9 Å². The van der Waals surface area contributed by atoms with Gasteiger partial charge in [0.15, 0.2) is 0 Å². The van der Waals surface area contributed by atoms with Crippen molar-refractivity contribution in [3.63, 3.8) is 0 Å². The number of halogens is 1. The SMILES string of the molecule is Brc1cccc(C2CCN(C3CCCCC3)CC2)c1. The van der Waals surface area contributed by atoms with Crippen LogP contribution in [0.5, 0.6) is 0 Å². The van der Waals surface area contributed by atoms with Crippen molar-refractivity contribution in [1.82, 2.24) is 4.90 Å². The van der Waals surface area contributed by atoms with Gasteiger partial charge in [-0.05, 0) is 62.4 Å². The third kappa shape index (κ3) is 3.41. The zero-order chi connectivity index (χ0) is 13.1. The molecule has 104 valence electrons. The molecule has 0 amide bonds. The number of rotatable bonds is 2. The molecule has 2 fully saturated rings. The van der Waals surface area contributed by atoms with E-state index in [4.69, 9.17) is 0 Å². The molecule has 1 aromatic carbocycles. The molecule has 0 N–H and O–H groups in total. The molecule has 0 unspecified atom stereocenters. The minimum atomic E-state index is 0.775. The topological polar surface area (TPSA) is 3.24 Å². The second-order valence-electron chi connectivity index (χ2n) is 6.16. The van der Waals surface area contributed by atoms with Gasteiger partial charge in [0.05, 0.1) is 0 Å². The maximum absolute atomic E-state index is 3.59. The Balaban J connectivity index is 1.57. The van der Waals surface area contributed by atoms with E-state index < -0.39 is 0 Å². The third-order valence-corrected chi connectivity index (χ3v) is 5.43. The van der Waals surface area contributed by atoms with Gasteiger partial charge >= 0.3 is 0 Å². The Hall–Kier alpha value is -0.340. The third-order valence-electron chi connectivity index (χ3n) is 4.94. The Bertz CT molecular complexity index is 403. The van der Waals surface area contributed by atoms with Gasteiger partial charge in [-0.25, -0.2) is 0 Å². The molecule has 1 aliphatic heterocycles. The van der Waals surface area contributed by atoms with Crippen molar-refractivity contribution >= 4 is 15.9 Å². The molecule has 1 heterocycles. The van der Waals surface area contributed by atoms with Gasteiger partial charge in [-0.2, -0.15) is 0 Å². The molecule has 0 spiro atoms. The lowest BCUT2D eigenvalue weighted by Gasteiger charge is -2.39. The summed E-state index contributed by atoms with van der Waals surface area (Å²) >= 11 is 3.59. The van der Waals surface area contributed by atoms with Crippen LogP contribution in [-0.2, 0) is 0 Å². The van der Waals surface area contributed by atoms with E-state index in [1.165, 1.54) is 68.1 Å². The Labute approximate surface area is 125 Å². The zero-order valence-electron chi connectivity index (χ0n) is 11.7. The van der Waals surface area contributed by atoms with Gasteiger partial charge in [0.25, 0.3) is 0 Å². The Kier molecular flexibility index (Phi) is 4.60. The van der Waals surface area contributed by atoms with Gasteiger partial charge in [0.2, 0.25) is 0 Å². The molecule has 19 heavy (non-hydrogen) atoms. The van der Waals surface area contributed by atoms with Gasteiger partial charge in [-0.3, -0.25) is 0 Å². The Morgan fingerprint density at radius 1 is 0.947 bits per heavy atom. The number of piperidine rings is 1. The Morgan fingerprint density at radius 3 is 2.37 bits per heavy atom. The smallest absolute Gasteiger partial charge is 0.0178 e. The van der Waals surface area contributed by atoms with Crippen molar-refractivity contribution < 1.29 is 0 Å². The van der Waals surface area contributed by atoms with Gasteiger partial charge in [0.1, 0.15) is 0 Å². The molecule has 1 saturated heterocycles. The molecule has 0 radical (unpaired) electrons. The van der Waals surface area contributed by atoms with Crippen LogP contribution in [0.3, 0.4) is 0 Å². The van der Waals surface area contributed by atoms with Crippen molar-refractivity contribution in [1.29, 1.82) is 0 Å². The lowest BCUT2D eigenvalue weighted by atomic mass is 9.87. The summed E-state index contributed by atoms with van der Waals surface area (Å²) in [6, 6.07) is 9.80. The fourth-order valence-corrected chi connectivity index (χ4v) is 4.22. The number of likely N-dealkylation sites (tertiary alicyclic amines) is 1. The molecular weight excluding hydrogens is 298 g/mol. The summed E-state index contributed by atoms with van der Waals surface area (Å²) in [5, 5.41) is 0. The maximum Gasteiger partial charge on any atom is 0.0178 e. The van der Waals surface area contributed by atoms with Crippen LogP contribution < -0.4 is 0 Å². The fraction of sp³-hybridized carbons (Fsp3) is 0.647. The van der Waals surface area contributed by atoms with Crippen LogP contribution in [0.15, 0.2) is 28.7 Å². The highest BCUT2D eigenvalue weighted by Crippen LogP contribution is 2.32. The summed E-state index contributed by atoms with van der Waals surface area (Å²) in [6.07, 6.45) is 9.94. The first-order valence-corrected chi connectivity index (χ1v) is 8.62. The van der Waals surface area contributed by atoms with Crippen molar-refractivity contribution in [3.8, 4) is 0 Å². The average molecular weight is 322 g/mol. The monoisotopic (exact) mass is 321 g/mol. The minimum absolute atomic E-state index is 0.775. The van der Waals surface area contributed by atoms with Crippen LogP contribution >= 0.6 is 15.9 Å². The normalized spacial score (nSPS) is 23.6. The second kappa shape index (κ2) is 6.41. The number of hydrogen-bond donors (Lipinski definition) is 0. The van der Waals surface area contributed by atoms with E-state index in [9.17, 15) is 0 Å². The standard InChI is InChI=1S/C17H24BrN/c18-16-6-4-5-15(13-16)14-9-11-19(12-10-14)17-7-2-1-3-8-17/h4-6,13-14,17H,1-3,7-12H2. The molecule has 0 atom stereocenters. The van der Waals surface area contributed by atoms with Crippen LogP contribution in [0.25, 0.3) is 0 Å². The highest BCUT2D eigenvalue weighted by Gasteiger charge is 2.26. The predicted octanol–water partition coefficient (Wildman–Crippen LogP) is 4.96. The van der Waals surface area contributed by atoms with Crippen LogP contribution in [-0.4, -0.2) is 24.0 Å². The van der Waals surface area contributed by atoms with E-state index >= 15 is 0 Å². The maximum atomic E-state index is 3.59.